The largest absolute Gasteiger partial charge is 0.349 e. The fourth-order valence-corrected chi connectivity index (χ4v) is 2.81. The number of nitrogens with zero attached hydrogens (tertiary/aromatic N) is 2. The van der Waals surface area contributed by atoms with E-state index in [1.807, 2.05) is 13.8 Å². The highest BCUT2D eigenvalue weighted by Crippen LogP contribution is 2.20. The van der Waals surface area contributed by atoms with E-state index < -0.39 is 0 Å². The van der Waals surface area contributed by atoms with Crippen molar-refractivity contribution in [3.63, 3.8) is 0 Å². The maximum Gasteiger partial charge on any atom is 0.255 e. The van der Waals surface area contributed by atoms with Crippen LogP contribution in [0.3, 0.4) is 0 Å². The van der Waals surface area contributed by atoms with Crippen LogP contribution in [0.5, 0.6) is 0 Å². The van der Waals surface area contributed by atoms with E-state index in [-0.39, 0.29) is 11.8 Å². The van der Waals surface area contributed by atoms with Gasteiger partial charge in [-0.05, 0) is 63.1 Å². The number of rotatable bonds is 4. The molecule has 0 saturated heterocycles. The predicted molar refractivity (Wildman–Crippen MR) is 104 cm³/mol. The molecule has 3 aromatic rings. The van der Waals surface area contributed by atoms with E-state index in [4.69, 9.17) is 0 Å². The molecule has 1 aromatic heterocycles. The summed E-state index contributed by atoms with van der Waals surface area (Å²) in [7, 11) is 0. The second-order valence-corrected chi connectivity index (χ2v) is 6.88. The van der Waals surface area contributed by atoms with Gasteiger partial charge < -0.3 is 10.6 Å². The number of fused-ring (bicyclic) bond motifs is 1. The van der Waals surface area contributed by atoms with E-state index in [9.17, 15) is 9.59 Å². The van der Waals surface area contributed by atoms with Gasteiger partial charge in [-0.15, -0.1) is 0 Å². The van der Waals surface area contributed by atoms with Crippen LogP contribution in [-0.4, -0.2) is 27.8 Å². The summed E-state index contributed by atoms with van der Waals surface area (Å²) in [6, 6.07) is 12.5. The zero-order valence-electron chi connectivity index (χ0n) is 15.2. The number of amides is 2. The standard InChI is InChI=1S/C21H20N4O2/c1-12-13(2)23-19-11-15(6-9-18(19)22-12)21(27)25-17-5-3-4-14(10-17)20(26)24-16-7-8-16/h3-6,9-11,16H,7-8H2,1-2H3,(H,24,26)(H,25,27). The summed E-state index contributed by atoms with van der Waals surface area (Å²) >= 11 is 0. The van der Waals surface area contributed by atoms with Crippen molar-refractivity contribution in [3.8, 4) is 0 Å². The Labute approximate surface area is 157 Å². The van der Waals surface area contributed by atoms with Crippen LogP contribution < -0.4 is 10.6 Å². The van der Waals surface area contributed by atoms with Gasteiger partial charge in [0.05, 0.1) is 22.4 Å². The molecule has 0 aliphatic heterocycles. The summed E-state index contributed by atoms with van der Waals surface area (Å²) in [5, 5.41) is 5.79. The first-order valence-electron chi connectivity index (χ1n) is 8.97. The molecule has 2 aromatic carbocycles. The van der Waals surface area contributed by atoms with Crippen LogP contribution in [0.15, 0.2) is 42.5 Å². The van der Waals surface area contributed by atoms with Crippen molar-refractivity contribution in [2.75, 3.05) is 5.32 Å². The number of hydrogen-bond acceptors (Lipinski definition) is 4. The molecular weight excluding hydrogens is 340 g/mol. The van der Waals surface area contributed by atoms with Gasteiger partial charge in [-0.3, -0.25) is 9.59 Å². The average molecular weight is 360 g/mol. The molecule has 136 valence electrons. The van der Waals surface area contributed by atoms with Crippen LogP contribution in [0, 0.1) is 13.8 Å². The molecule has 0 atom stereocenters. The van der Waals surface area contributed by atoms with Crippen LogP contribution in [0.1, 0.15) is 44.9 Å². The summed E-state index contributed by atoms with van der Waals surface area (Å²) in [6.07, 6.45) is 2.07. The molecule has 1 fully saturated rings. The molecule has 1 aliphatic rings. The lowest BCUT2D eigenvalue weighted by molar-refractivity contribution is 0.0949. The highest BCUT2D eigenvalue weighted by Gasteiger charge is 2.23. The maximum atomic E-state index is 12.6. The van der Waals surface area contributed by atoms with Crippen molar-refractivity contribution in [2.24, 2.45) is 0 Å². The lowest BCUT2D eigenvalue weighted by Crippen LogP contribution is -2.25. The second kappa shape index (κ2) is 6.79. The van der Waals surface area contributed by atoms with E-state index in [2.05, 4.69) is 20.6 Å². The van der Waals surface area contributed by atoms with Gasteiger partial charge in [-0.1, -0.05) is 6.07 Å². The number of carbonyl (C=O) groups is 2. The molecule has 1 heterocycles. The van der Waals surface area contributed by atoms with Crippen LogP contribution in [-0.2, 0) is 0 Å². The lowest BCUT2D eigenvalue weighted by Gasteiger charge is -2.09. The second-order valence-electron chi connectivity index (χ2n) is 6.88. The van der Waals surface area contributed by atoms with Crippen LogP contribution >= 0.6 is 0 Å². The molecular formula is C21H20N4O2. The maximum absolute atomic E-state index is 12.6. The molecule has 0 unspecified atom stereocenters. The Hall–Kier alpha value is -3.28. The van der Waals surface area contributed by atoms with Gasteiger partial charge in [0.1, 0.15) is 0 Å². The van der Waals surface area contributed by atoms with E-state index in [1.165, 1.54) is 0 Å². The van der Waals surface area contributed by atoms with Gasteiger partial charge in [-0.25, -0.2) is 9.97 Å². The molecule has 6 heteroatoms. The van der Waals surface area contributed by atoms with Gasteiger partial charge in [0, 0.05) is 22.9 Å². The Morgan fingerprint density at radius 3 is 2.33 bits per heavy atom. The van der Waals surface area contributed by atoms with E-state index in [1.54, 1.807) is 42.5 Å². The quantitative estimate of drug-likeness (QED) is 0.747. The molecule has 4 rings (SSSR count). The SMILES string of the molecule is Cc1nc2ccc(C(=O)Nc3cccc(C(=O)NC4CC4)c3)cc2nc1C. The van der Waals surface area contributed by atoms with Gasteiger partial charge in [0.15, 0.2) is 0 Å². The zero-order valence-corrected chi connectivity index (χ0v) is 15.2. The normalized spacial score (nSPS) is 13.4. The Morgan fingerprint density at radius 2 is 1.59 bits per heavy atom. The van der Waals surface area contributed by atoms with Gasteiger partial charge >= 0.3 is 0 Å². The Balaban J connectivity index is 1.54. The van der Waals surface area contributed by atoms with Gasteiger partial charge in [0.2, 0.25) is 0 Å². The predicted octanol–water partition coefficient (Wildman–Crippen LogP) is 3.39. The molecule has 0 spiro atoms. The number of aryl methyl sites for hydroxylation is 2. The minimum atomic E-state index is -0.253. The summed E-state index contributed by atoms with van der Waals surface area (Å²) in [6.45, 7) is 3.81. The molecule has 1 saturated carbocycles. The summed E-state index contributed by atoms with van der Waals surface area (Å²) in [4.78, 5) is 33.8. The first kappa shape index (κ1) is 17.1. The van der Waals surface area contributed by atoms with Crippen molar-refractivity contribution >= 4 is 28.5 Å². The molecule has 0 radical (unpaired) electrons. The van der Waals surface area contributed by atoms with Gasteiger partial charge in [-0.2, -0.15) is 0 Å². The summed E-state index contributed by atoms with van der Waals surface area (Å²) < 4.78 is 0. The topological polar surface area (TPSA) is 84.0 Å². The molecule has 6 nitrogen and oxygen atoms in total. The van der Waals surface area contributed by atoms with Crippen molar-refractivity contribution in [3.05, 3.63) is 65.0 Å². The monoisotopic (exact) mass is 360 g/mol. The highest BCUT2D eigenvalue weighted by atomic mass is 16.2. The number of hydrogen-bond donors (Lipinski definition) is 2. The summed E-state index contributed by atoms with van der Waals surface area (Å²) in [5.41, 5.74) is 4.77. The Morgan fingerprint density at radius 1 is 0.889 bits per heavy atom. The van der Waals surface area contributed by atoms with Gasteiger partial charge in [0.25, 0.3) is 11.8 Å². The fourth-order valence-electron chi connectivity index (χ4n) is 2.81. The molecule has 1 aliphatic carbocycles. The number of aromatic nitrogens is 2. The third-order valence-corrected chi connectivity index (χ3v) is 4.63. The third kappa shape index (κ3) is 3.79. The van der Waals surface area contributed by atoms with Crippen molar-refractivity contribution in [2.45, 2.75) is 32.7 Å². The first-order chi connectivity index (χ1) is 13.0. The first-order valence-corrected chi connectivity index (χ1v) is 8.97. The van der Waals surface area contributed by atoms with Crippen molar-refractivity contribution in [1.82, 2.24) is 15.3 Å². The number of carbonyl (C=O) groups excluding carboxylic acids is 2. The van der Waals surface area contributed by atoms with E-state index in [0.717, 1.165) is 29.7 Å². The lowest BCUT2D eigenvalue weighted by atomic mass is 10.1. The fraction of sp³-hybridized carbons (Fsp3) is 0.238. The average Bonchev–Trinajstić information content (AvgIpc) is 3.46. The highest BCUT2D eigenvalue weighted by molar-refractivity contribution is 6.06. The van der Waals surface area contributed by atoms with E-state index >= 15 is 0 Å². The smallest absolute Gasteiger partial charge is 0.255 e. The van der Waals surface area contributed by atoms with Crippen LogP contribution in [0.25, 0.3) is 11.0 Å². The Kier molecular flexibility index (Phi) is 4.32. The minimum Gasteiger partial charge on any atom is -0.349 e. The van der Waals surface area contributed by atoms with Crippen LogP contribution in [0.4, 0.5) is 5.69 Å². The molecule has 27 heavy (non-hydrogen) atoms. The third-order valence-electron chi connectivity index (χ3n) is 4.63. The zero-order chi connectivity index (χ0) is 19.0. The number of benzene rings is 2. The van der Waals surface area contributed by atoms with Crippen molar-refractivity contribution in [1.29, 1.82) is 0 Å². The molecule has 2 amide bonds. The number of anilines is 1. The van der Waals surface area contributed by atoms with E-state index in [0.29, 0.717) is 28.4 Å². The molecule has 0 bridgehead atoms. The Bertz CT molecular complexity index is 1060. The van der Waals surface area contributed by atoms with Crippen molar-refractivity contribution < 1.29 is 9.59 Å². The summed E-state index contributed by atoms with van der Waals surface area (Å²) in [5.74, 6) is -0.364. The minimum absolute atomic E-state index is 0.111. The molecule has 2 N–H and O–H groups in total. The van der Waals surface area contributed by atoms with Crippen LogP contribution in [0.2, 0.25) is 0 Å². The number of nitrogens with one attached hydrogen (secondary N) is 2.